The van der Waals surface area contributed by atoms with Crippen molar-refractivity contribution in [3.8, 4) is 11.8 Å². The molecule has 1 saturated carbocycles. The number of aromatic nitrogens is 3. The Labute approximate surface area is 199 Å². The fourth-order valence-electron chi connectivity index (χ4n) is 4.19. The highest BCUT2D eigenvalue weighted by atomic mass is 35.5. The molecular formula is C24H20Cl2N4O3. The zero-order valence-corrected chi connectivity index (χ0v) is 19.5. The minimum absolute atomic E-state index is 0.224. The van der Waals surface area contributed by atoms with E-state index in [1.807, 2.05) is 31.0 Å². The molecule has 7 nitrogen and oxygen atoms in total. The van der Waals surface area contributed by atoms with Crippen LogP contribution in [0.25, 0.3) is 5.69 Å². The molecule has 1 aliphatic carbocycles. The molecule has 3 aromatic rings. The number of halogens is 2. The van der Waals surface area contributed by atoms with Gasteiger partial charge in [0.2, 0.25) is 5.69 Å². The Morgan fingerprint density at radius 3 is 2.45 bits per heavy atom. The van der Waals surface area contributed by atoms with Gasteiger partial charge in [0.1, 0.15) is 11.9 Å². The van der Waals surface area contributed by atoms with Crippen molar-refractivity contribution in [2.75, 3.05) is 0 Å². The molecule has 0 saturated heterocycles. The number of hydrogen-bond donors (Lipinski definition) is 1. The van der Waals surface area contributed by atoms with Gasteiger partial charge >= 0.3 is 5.69 Å². The molecule has 1 fully saturated rings. The molecule has 33 heavy (non-hydrogen) atoms. The number of ketones is 1. The second kappa shape index (κ2) is 8.62. The third kappa shape index (κ3) is 4.12. The van der Waals surface area contributed by atoms with Crippen LogP contribution in [0.3, 0.4) is 0 Å². The number of aryl methyl sites for hydroxylation is 1. The molecular weight excluding hydrogens is 463 g/mol. The highest BCUT2D eigenvalue weighted by Crippen LogP contribution is 2.51. The zero-order valence-electron chi connectivity index (χ0n) is 18.0. The van der Waals surface area contributed by atoms with Gasteiger partial charge in [0, 0.05) is 22.9 Å². The van der Waals surface area contributed by atoms with Gasteiger partial charge < -0.3 is 0 Å². The number of hydrogen-bond acceptors (Lipinski definition) is 5. The van der Waals surface area contributed by atoms with Gasteiger partial charge in [0.25, 0.3) is 5.56 Å². The summed E-state index contributed by atoms with van der Waals surface area (Å²) in [5.41, 5.74) is 1.49. The molecule has 0 bridgehead atoms. The summed E-state index contributed by atoms with van der Waals surface area (Å²) >= 11 is 13.0. The van der Waals surface area contributed by atoms with Crippen LogP contribution in [0.2, 0.25) is 10.0 Å². The van der Waals surface area contributed by atoms with Crippen LogP contribution < -0.4 is 11.2 Å². The van der Waals surface area contributed by atoms with E-state index in [1.165, 1.54) is 12.1 Å². The average Bonchev–Trinajstić information content (AvgIpc) is 3.58. The first kappa shape index (κ1) is 23.0. The lowest BCUT2D eigenvalue weighted by Gasteiger charge is -2.18. The Hall–Kier alpha value is -3.21. The lowest BCUT2D eigenvalue weighted by atomic mass is 9.85. The first-order valence-electron chi connectivity index (χ1n) is 10.5. The standard InChI is InChI=1S/C24H20Cl2N4O3/c1-3-21(31)24(6-7-24)17-9-14(5-4-13(17)2)8-16-18(25)10-15(11-19(16)26)30-23(33)28-22(32)20(12-27)29-30/h4-5,9-11H,3,6-8H2,1-2H3,(H,28,32,33). The van der Waals surface area contributed by atoms with Crippen molar-refractivity contribution in [3.05, 3.63) is 89.2 Å². The van der Waals surface area contributed by atoms with E-state index in [0.29, 0.717) is 28.5 Å². The number of nitrogens with zero attached hydrogens (tertiary/aromatic N) is 3. The number of H-pyrrole nitrogens is 1. The molecule has 1 N–H and O–H groups in total. The summed E-state index contributed by atoms with van der Waals surface area (Å²) < 4.78 is 0.874. The fourth-order valence-corrected chi connectivity index (χ4v) is 4.80. The van der Waals surface area contributed by atoms with Crippen LogP contribution in [0.5, 0.6) is 0 Å². The van der Waals surface area contributed by atoms with Crippen LogP contribution >= 0.6 is 23.2 Å². The van der Waals surface area contributed by atoms with Crippen molar-refractivity contribution in [1.29, 1.82) is 5.26 Å². The van der Waals surface area contributed by atoms with Crippen molar-refractivity contribution in [1.82, 2.24) is 14.8 Å². The van der Waals surface area contributed by atoms with Crippen molar-refractivity contribution in [2.45, 2.75) is 44.9 Å². The predicted molar refractivity (Wildman–Crippen MR) is 125 cm³/mol. The van der Waals surface area contributed by atoms with Gasteiger partial charge in [-0.3, -0.25) is 14.6 Å². The Bertz CT molecular complexity index is 1420. The molecule has 168 valence electrons. The van der Waals surface area contributed by atoms with Crippen molar-refractivity contribution < 1.29 is 4.79 Å². The first-order valence-corrected chi connectivity index (χ1v) is 11.2. The quantitative estimate of drug-likeness (QED) is 0.570. The van der Waals surface area contributed by atoms with Gasteiger partial charge in [-0.15, -0.1) is 5.10 Å². The molecule has 1 heterocycles. The van der Waals surface area contributed by atoms with E-state index < -0.39 is 16.9 Å². The molecule has 0 amide bonds. The van der Waals surface area contributed by atoms with E-state index in [4.69, 9.17) is 28.5 Å². The Morgan fingerprint density at radius 2 is 1.88 bits per heavy atom. The number of aromatic amines is 1. The van der Waals surface area contributed by atoms with E-state index in [-0.39, 0.29) is 16.9 Å². The number of carbonyl (C=O) groups excluding carboxylic acids is 1. The van der Waals surface area contributed by atoms with Crippen LogP contribution in [0.1, 0.15) is 54.1 Å². The molecule has 0 atom stereocenters. The van der Waals surface area contributed by atoms with Gasteiger partial charge in [0.15, 0.2) is 0 Å². The summed E-state index contributed by atoms with van der Waals surface area (Å²) in [7, 11) is 0. The van der Waals surface area contributed by atoms with Crippen molar-refractivity contribution >= 4 is 29.0 Å². The van der Waals surface area contributed by atoms with E-state index in [0.717, 1.165) is 34.2 Å². The number of nitriles is 1. The van der Waals surface area contributed by atoms with Gasteiger partial charge in [-0.25, -0.2) is 4.79 Å². The minimum atomic E-state index is -0.863. The maximum Gasteiger partial charge on any atom is 0.349 e. The molecule has 1 aliphatic rings. The Balaban J connectivity index is 1.71. The minimum Gasteiger partial charge on any atom is -0.299 e. The second-order valence-corrected chi connectivity index (χ2v) is 9.02. The SMILES string of the molecule is CCC(=O)C1(c2cc(Cc3c(Cl)cc(-n4nc(C#N)c(=O)[nH]c4=O)cc3Cl)ccc2C)CC1. The van der Waals surface area contributed by atoms with Crippen LogP contribution in [-0.2, 0) is 16.6 Å². The number of benzene rings is 2. The Morgan fingerprint density at radius 1 is 1.21 bits per heavy atom. The molecule has 2 aromatic carbocycles. The third-order valence-electron chi connectivity index (χ3n) is 6.11. The number of carbonyl (C=O) groups is 1. The third-order valence-corrected chi connectivity index (χ3v) is 6.78. The second-order valence-electron chi connectivity index (χ2n) is 8.20. The lowest BCUT2D eigenvalue weighted by molar-refractivity contribution is -0.121. The highest BCUT2D eigenvalue weighted by molar-refractivity contribution is 6.36. The largest absolute Gasteiger partial charge is 0.349 e. The van der Waals surface area contributed by atoms with Crippen molar-refractivity contribution in [2.24, 2.45) is 0 Å². The monoisotopic (exact) mass is 482 g/mol. The summed E-state index contributed by atoms with van der Waals surface area (Å²) in [5.74, 6) is 0.263. The van der Waals surface area contributed by atoms with E-state index in [2.05, 4.69) is 11.2 Å². The first-order chi connectivity index (χ1) is 15.7. The van der Waals surface area contributed by atoms with Gasteiger partial charge in [-0.05, 0) is 54.2 Å². The van der Waals surface area contributed by atoms with Crippen LogP contribution in [0.4, 0.5) is 0 Å². The topological polar surface area (TPSA) is 109 Å². The zero-order chi connectivity index (χ0) is 23.9. The van der Waals surface area contributed by atoms with Gasteiger partial charge in [0.05, 0.1) is 11.1 Å². The maximum absolute atomic E-state index is 12.6. The van der Waals surface area contributed by atoms with Crippen molar-refractivity contribution in [3.63, 3.8) is 0 Å². The Kier molecular flexibility index (Phi) is 6.00. The lowest BCUT2D eigenvalue weighted by Crippen LogP contribution is -2.33. The number of nitrogens with one attached hydrogen (secondary N) is 1. The number of Topliss-reactive ketones (excluding diaryl/α,β-unsaturated/α-hetero) is 1. The van der Waals surface area contributed by atoms with Crippen LogP contribution in [0.15, 0.2) is 39.9 Å². The summed E-state index contributed by atoms with van der Waals surface area (Å²) in [4.78, 5) is 38.4. The molecule has 0 aliphatic heterocycles. The summed E-state index contributed by atoms with van der Waals surface area (Å²) in [6, 6.07) is 10.7. The molecule has 0 radical (unpaired) electrons. The van der Waals surface area contributed by atoms with Crippen LogP contribution in [0, 0.1) is 18.3 Å². The summed E-state index contributed by atoms with van der Waals surface area (Å²) in [5, 5.41) is 13.4. The van der Waals surface area contributed by atoms with Gasteiger partial charge in [-0.1, -0.05) is 48.3 Å². The van der Waals surface area contributed by atoms with E-state index >= 15 is 0 Å². The molecule has 1 aromatic heterocycles. The molecule has 0 spiro atoms. The average molecular weight is 483 g/mol. The van der Waals surface area contributed by atoms with E-state index in [9.17, 15) is 14.4 Å². The smallest absolute Gasteiger partial charge is 0.299 e. The maximum atomic E-state index is 12.6. The highest BCUT2D eigenvalue weighted by Gasteiger charge is 2.50. The van der Waals surface area contributed by atoms with E-state index in [1.54, 1.807) is 6.07 Å². The fraction of sp³-hybridized carbons (Fsp3) is 0.292. The number of rotatable bonds is 6. The summed E-state index contributed by atoms with van der Waals surface area (Å²) in [6.45, 7) is 3.91. The molecule has 0 unspecified atom stereocenters. The summed E-state index contributed by atoms with van der Waals surface area (Å²) in [6.07, 6.45) is 2.67. The normalized spacial score (nSPS) is 14.0. The van der Waals surface area contributed by atoms with Gasteiger partial charge in [-0.2, -0.15) is 9.94 Å². The van der Waals surface area contributed by atoms with Crippen LogP contribution in [-0.4, -0.2) is 20.5 Å². The molecule has 9 heteroatoms. The molecule has 4 rings (SSSR count). The predicted octanol–water partition coefficient (Wildman–Crippen LogP) is 4.01.